The minimum absolute atomic E-state index is 0.0180. The molecule has 0 unspecified atom stereocenters. The Morgan fingerprint density at radius 2 is 2.00 bits per heavy atom. The van der Waals surface area contributed by atoms with Gasteiger partial charge >= 0.3 is 0 Å². The largest absolute Gasteiger partial charge is 0.367 e. The average molecular weight is 341 g/mol. The predicted molar refractivity (Wildman–Crippen MR) is 94.2 cm³/mol. The number of hydrogen-bond donors (Lipinski definition) is 1. The highest BCUT2D eigenvalue weighted by Gasteiger charge is 2.25. The second-order valence-corrected chi connectivity index (χ2v) is 6.39. The van der Waals surface area contributed by atoms with Crippen molar-refractivity contribution in [3.63, 3.8) is 0 Å². The monoisotopic (exact) mass is 341 g/mol. The Kier molecular flexibility index (Phi) is 5.60. The van der Waals surface area contributed by atoms with Crippen LogP contribution >= 0.6 is 0 Å². The van der Waals surface area contributed by atoms with Gasteiger partial charge in [0.25, 0.3) is 5.56 Å². The number of hydrogen-bond acceptors (Lipinski definition) is 4. The first-order valence-corrected chi connectivity index (χ1v) is 8.59. The molecule has 0 saturated carbocycles. The van der Waals surface area contributed by atoms with E-state index in [1.165, 1.54) is 0 Å². The van der Waals surface area contributed by atoms with Gasteiger partial charge in [0.05, 0.1) is 12.3 Å². The van der Waals surface area contributed by atoms with Crippen molar-refractivity contribution >= 4 is 5.91 Å². The maximum Gasteiger partial charge on any atom is 0.251 e. The highest BCUT2D eigenvalue weighted by molar-refractivity contribution is 5.77. The third kappa shape index (κ3) is 4.76. The van der Waals surface area contributed by atoms with Crippen LogP contribution in [0.3, 0.4) is 0 Å². The van der Waals surface area contributed by atoms with E-state index in [9.17, 15) is 9.59 Å². The molecule has 2 heterocycles. The molecular weight excluding hydrogens is 318 g/mol. The Balaban J connectivity index is 1.46. The Morgan fingerprint density at radius 1 is 1.28 bits per heavy atom. The number of H-pyrrole nitrogens is 1. The van der Waals surface area contributed by atoms with Crippen LogP contribution in [0, 0.1) is 6.92 Å². The number of piperidine rings is 1. The quantitative estimate of drug-likeness (QED) is 0.902. The SMILES string of the molecule is Cc1nc(C2CCN(C(=O)COCc3ccccc3)CC2)cc(=O)[nH]1. The van der Waals surface area contributed by atoms with Crippen molar-refractivity contribution < 1.29 is 9.53 Å². The summed E-state index contributed by atoms with van der Waals surface area (Å²) in [5, 5.41) is 0. The first-order chi connectivity index (χ1) is 12.1. The van der Waals surface area contributed by atoms with Gasteiger partial charge < -0.3 is 14.6 Å². The minimum atomic E-state index is -0.115. The fraction of sp³-hybridized carbons (Fsp3) is 0.421. The van der Waals surface area contributed by atoms with Crippen LogP contribution in [0.15, 0.2) is 41.2 Å². The van der Waals surface area contributed by atoms with E-state index < -0.39 is 0 Å². The van der Waals surface area contributed by atoms with Crippen molar-refractivity contribution in [2.45, 2.75) is 32.3 Å². The number of aromatic amines is 1. The van der Waals surface area contributed by atoms with Gasteiger partial charge in [-0.3, -0.25) is 9.59 Å². The number of ether oxygens (including phenoxy) is 1. The normalized spacial score (nSPS) is 15.3. The second-order valence-electron chi connectivity index (χ2n) is 6.39. The lowest BCUT2D eigenvalue weighted by Gasteiger charge is -2.31. The number of amides is 1. The highest BCUT2D eigenvalue weighted by Crippen LogP contribution is 2.26. The maximum absolute atomic E-state index is 12.3. The van der Waals surface area contributed by atoms with Crippen LogP contribution in [0.4, 0.5) is 0 Å². The van der Waals surface area contributed by atoms with E-state index in [1.54, 1.807) is 13.0 Å². The number of nitrogens with one attached hydrogen (secondary N) is 1. The zero-order valence-electron chi connectivity index (χ0n) is 14.4. The molecule has 25 heavy (non-hydrogen) atoms. The van der Waals surface area contributed by atoms with Gasteiger partial charge in [-0.15, -0.1) is 0 Å². The minimum Gasteiger partial charge on any atom is -0.367 e. The van der Waals surface area contributed by atoms with E-state index in [-0.39, 0.29) is 24.0 Å². The van der Waals surface area contributed by atoms with Crippen molar-refractivity contribution in [1.82, 2.24) is 14.9 Å². The van der Waals surface area contributed by atoms with Crippen molar-refractivity contribution in [3.05, 3.63) is 63.8 Å². The van der Waals surface area contributed by atoms with Gasteiger partial charge in [-0.2, -0.15) is 0 Å². The smallest absolute Gasteiger partial charge is 0.251 e. The standard InChI is InChI=1S/C19H23N3O3/c1-14-20-17(11-18(23)21-14)16-7-9-22(10-8-16)19(24)13-25-12-15-5-3-2-4-6-15/h2-6,11,16H,7-10,12-13H2,1H3,(H,20,21,23). The molecule has 1 aliphatic heterocycles. The first kappa shape index (κ1) is 17.4. The number of aromatic nitrogens is 2. The molecule has 1 aromatic heterocycles. The number of benzene rings is 1. The summed E-state index contributed by atoms with van der Waals surface area (Å²) in [4.78, 5) is 32.8. The van der Waals surface area contributed by atoms with Gasteiger partial charge in [-0.05, 0) is 25.3 Å². The average Bonchev–Trinajstić information content (AvgIpc) is 2.62. The van der Waals surface area contributed by atoms with Gasteiger partial charge in [0.1, 0.15) is 12.4 Å². The molecule has 1 fully saturated rings. The molecule has 0 atom stereocenters. The van der Waals surface area contributed by atoms with Crippen molar-refractivity contribution in [1.29, 1.82) is 0 Å². The van der Waals surface area contributed by atoms with Crippen LogP contribution in [-0.4, -0.2) is 40.5 Å². The lowest BCUT2D eigenvalue weighted by molar-refractivity contribution is -0.137. The summed E-state index contributed by atoms with van der Waals surface area (Å²) < 4.78 is 5.53. The summed E-state index contributed by atoms with van der Waals surface area (Å²) in [5.74, 6) is 0.884. The van der Waals surface area contributed by atoms with E-state index in [4.69, 9.17) is 4.74 Å². The van der Waals surface area contributed by atoms with Crippen molar-refractivity contribution in [2.24, 2.45) is 0 Å². The Labute approximate surface area is 146 Å². The van der Waals surface area contributed by atoms with E-state index in [2.05, 4.69) is 9.97 Å². The van der Waals surface area contributed by atoms with Crippen molar-refractivity contribution in [3.8, 4) is 0 Å². The molecule has 132 valence electrons. The molecular formula is C19H23N3O3. The third-order valence-corrected chi connectivity index (χ3v) is 4.48. The topological polar surface area (TPSA) is 75.3 Å². The summed E-state index contributed by atoms with van der Waals surface area (Å²) in [6, 6.07) is 11.4. The lowest BCUT2D eigenvalue weighted by Crippen LogP contribution is -2.40. The van der Waals surface area contributed by atoms with Crippen LogP contribution < -0.4 is 5.56 Å². The lowest BCUT2D eigenvalue weighted by atomic mass is 9.93. The molecule has 6 heteroatoms. The summed E-state index contributed by atoms with van der Waals surface area (Å²) in [7, 11) is 0. The molecule has 2 aromatic rings. The molecule has 1 aliphatic rings. The number of rotatable bonds is 5. The molecule has 0 spiro atoms. The fourth-order valence-corrected chi connectivity index (χ4v) is 3.16. The van der Waals surface area contributed by atoms with Gasteiger partial charge in [0, 0.05) is 25.1 Å². The number of aryl methyl sites for hydroxylation is 1. The molecule has 0 aliphatic carbocycles. The van der Waals surface area contributed by atoms with E-state index in [0.717, 1.165) is 24.1 Å². The van der Waals surface area contributed by atoms with Gasteiger partial charge in [-0.25, -0.2) is 4.98 Å². The Morgan fingerprint density at radius 3 is 2.68 bits per heavy atom. The Bertz CT molecular complexity index is 765. The number of carbonyl (C=O) groups excluding carboxylic acids is 1. The molecule has 6 nitrogen and oxygen atoms in total. The van der Waals surface area contributed by atoms with Gasteiger partial charge in [-0.1, -0.05) is 30.3 Å². The first-order valence-electron chi connectivity index (χ1n) is 8.59. The second kappa shape index (κ2) is 8.07. The molecule has 1 amide bonds. The van der Waals surface area contributed by atoms with E-state index >= 15 is 0 Å². The summed E-state index contributed by atoms with van der Waals surface area (Å²) in [6.07, 6.45) is 1.64. The summed E-state index contributed by atoms with van der Waals surface area (Å²) >= 11 is 0. The van der Waals surface area contributed by atoms with Crippen LogP contribution in [0.5, 0.6) is 0 Å². The van der Waals surface area contributed by atoms with Crippen LogP contribution in [0.1, 0.15) is 35.8 Å². The number of carbonyl (C=O) groups is 1. The number of likely N-dealkylation sites (tertiary alicyclic amines) is 1. The summed E-state index contributed by atoms with van der Waals surface area (Å²) in [6.45, 7) is 3.67. The van der Waals surface area contributed by atoms with Crippen LogP contribution in [-0.2, 0) is 16.1 Å². The fourth-order valence-electron chi connectivity index (χ4n) is 3.16. The van der Waals surface area contributed by atoms with Crippen LogP contribution in [0.2, 0.25) is 0 Å². The third-order valence-electron chi connectivity index (χ3n) is 4.48. The maximum atomic E-state index is 12.3. The zero-order valence-corrected chi connectivity index (χ0v) is 14.4. The molecule has 3 rings (SSSR count). The van der Waals surface area contributed by atoms with Crippen molar-refractivity contribution in [2.75, 3.05) is 19.7 Å². The van der Waals surface area contributed by atoms with E-state index in [1.807, 2.05) is 35.2 Å². The molecule has 0 bridgehead atoms. The molecule has 1 saturated heterocycles. The highest BCUT2D eigenvalue weighted by atomic mass is 16.5. The predicted octanol–water partition coefficient (Wildman–Crippen LogP) is 2.00. The number of nitrogens with zero attached hydrogens (tertiary/aromatic N) is 2. The van der Waals surface area contributed by atoms with Gasteiger partial charge in [0.15, 0.2) is 0 Å². The van der Waals surface area contributed by atoms with E-state index in [0.29, 0.717) is 25.5 Å². The van der Waals surface area contributed by atoms with Crippen LogP contribution in [0.25, 0.3) is 0 Å². The van der Waals surface area contributed by atoms with Gasteiger partial charge in [0.2, 0.25) is 5.91 Å². The zero-order chi connectivity index (χ0) is 17.6. The molecule has 1 aromatic carbocycles. The Hall–Kier alpha value is -2.47. The summed E-state index contributed by atoms with van der Waals surface area (Å²) in [5.41, 5.74) is 1.77. The molecule has 0 radical (unpaired) electrons. The molecule has 1 N–H and O–H groups in total.